The molecule has 0 fully saturated rings. The zero-order valence-corrected chi connectivity index (χ0v) is 9.14. The maximum atomic E-state index is 8.96. The van der Waals surface area contributed by atoms with Gasteiger partial charge >= 0.3 is 0 Å². The van der Waals surface area contributed by atoms with Crippen LogP contribution in [-0.2, 0) is 0 Å². The Kier molecular flexibility index (Phi) is 1.99. The minimum Gasteiger partial charge on any atom is -0.398 e. The Morgan fingerprint density at radius 3 is 2.00 bits per heavy atom. The monoisotopic (exact) mass is 218 g/mol. The zero-order valence-electron chi connectivity index (χ0n) is 9.14. The molecule has 2 nitrogen and oxygen atoms in total. The number of nitrogens with two attached hydrogens (primary N) is 1. The maximum Gasteiger partial charge on any atom is 0.101 e. The number of anilines is 1. The fourth-order valence-corrected chi connectivity index (χ4v) is 2.11. The number of nitrogens with zero attached hydrogens (tertiary/aromatic N) is 1. The summed E-state index contributed by atoms with van der Waals surface area (Å²) < 4.78 is 0. The number of benzene rings is 3. The van der Waals surface area contributed by atoms with Gasteiger partial charge in [0, 0.05) is 0 Å². The second kappa shape index (κ2) is 3.50. The zero-order chi connectivity index (χ0) is 11.8. The minimum atomic E-state index is 0.535. The molecule has 0 saturated carbocycles. The Bertz CT molecular complexity index is 767. The van der Waals surface area contributed by atoms with Gasteiger partial charge in [0.25, 0.3) is 0 Å². The van der Waals surface area contributed by atoms with Gasteiger partial charge in [-0.05, 0) is 45.8 Å². The van der Waals surface area contributed by atoms with Crippen molar-refractivity contribution < 1.29 is 0 Å². The molecule has 2 heteroatoms. The van der Waals surface area contributed by atoms with E-state index >= 15 is 0 Å². The van der Waals surface area contributed by atoms with Crippen molar-refractivity contribution in [3.63, 3.8) is 0 Å². The standard InChI is InChI=1S/C15H10N2/c16-9-14-7-12-5-10-3-1-2-4-11(10)6-13(12)8-15(14)17/h1-8H,17H2. The fraction of sp³-hybridized carbons (Fsp3) is 0. The summed E-state index contributed by atoms with van der Waals surface area (Å²) >= 11 is 0. The highest BCUT2D eigenvalue weighted by atomic mass is 14.6. The molecular formula is C15H10N2. The molecule has 80 valence electrons. The van der Waals surface area contributed by atoms with Crippen LogP contribution in [0.3, 0.4) is 0 Å². The highest BCUT2D eigenvalue weighted by molar-refractivity contribution is 6.00. The van der Waals surface area contributed by atoms with Crippen LogP contribution in [0, 0.1) is 11.3 Å². The van der Waals surface area contributed by atoms with Gasteiger partial charge in [0.1, 0.15) is 6.07 Å². The Hall–Kier alpha value is -2.53. The van der Waals surface area contributed by atoms with E-state index in [1.165, 1.54) is 10.8 Å². The van der Waals surface area contributed by atoms with Crippen LogP contribution in [0.4, 0.5) is 5.69 Å². The molecule has 0 bridgehead atoms. The van der Waals surface area contributed by atoms with Gasteiger partial charge in [0.2, 0.25) is 0 Å². The summed E-state index contributed by atoms with van der Waals surface area (Å²) in [6.07, 6.45) is 0. The topological polar surface area (TPSA) is 49.8 Å². The van der Waals surface area contributed by atoms with E-state index in [2.05, 4.69) is 30.3 Å². The van der Waals surface area contributed by atoms with Gasteiger partial charge in [0.15, 0.2) is 0 Å². The fourth-order valence-electron chi connectivity index (χ4n) is 2.11. The van der Waals surface area contributed by atoms with Crippen LogP contribution < -0.4 is 5.73 Å². The Labute approximate surface area is 98.9 Å². The van der Waals surface area contributed by atoms with E-state index in [1.807, 2.05) is 24.3 Å². The van der Waals surface area contributed by atoms with Gasteiger partial charge in [-0.1, -0.05) is 24.3 Å². The molecule has 0 aliphatic carbocycles. The molecule has 0 unspecified atom stereocenters. The molecule has 0 heterocycles. The minimum absolute atomic E-state index is 0.535. The van der Waals surface area contributed by atoms with Crippen molar-refractivity contribution in [3.05, 3.63) is 54.1 Å². The molecule has 0 aliphatic heterocycles. The first-order valence-corrected chi connectivity index (χ1v) is 5.40. The second-order valence-corrected chi connectivity index (χ2v) is 4.10. The average Bonchev–Trinajstić information content (AvgIpc) is 2.35. The number of hydrogen-bond acceptors (Lipinski definition) is 2. The molecule has 0 aromatic heterocycles. The first kappa shape index (κ1) is 9.68. The Morgan fingerprint density at radius 1 is 0.824 bits per heavy atom. The summed E-state index contributed by atoms with van der Waals surface area (Å²) in [6, 6.07) is 18.2. The van der Waals surface area contributed by atoms with Crippen LogP contribution in [0.2, 0.25) is 0 Å². The molecule has 0 radical (unpaired) electrons. The molecule has 0 amide bonds. The van der Waals surface area contributed by atoms with E-state index in [-0.39, 0.29) is 0 Å². The average molecular weight is 218 g/mol. The summed E-state index contributed by atoms with van der Waals surface area (Å²) in [5.41, 5.74) is 6.89. The molecular weight excluding hydrogens is 208 g/mol. The van der Waals surface area contributed by atoms with Crippen LogP contribution in [0.15, 0.2) is 48.5 Å². The molecule has 3 aromatic rings. The van der Waals surface area contributed by atoms with Crippen molar-refractivity contribution in [1.82, 2.24) is 0 Å². The predicted octanol–water partition coefficient (Wildman–Crippen LogP) is 3.45. The van der Waals surface area contributed by atoms with Gasteiger partial charge in [-0.2, -0.15) is 5.26 Å². The van der Waals surface area contributed by atoms with Crippen LogP contribution in [0.1, 0.15) is 5.56 Å². The highest BCUT2D eigenvalue weighted by Crippen LogP contribution is 2.26. The summed E-state index contributed by atoms with van der Waals surface area (Å²) in [7, 11) is 0. The summed E-state index contributed by atoms with van der Waals surface area (Å²) in [4.78, 5) is 0. The first-order valence-electron chi connectivity index (χ1n) is 5.40. The number of nitriles is 1. The largest absolute Gasteiger partial charge is 0.398 e. The SMILES string of the molecule is N#Cc1cc2cc3ccccc3cc2cc1N. The van der Waals surface area contributed by atoms with Crippen LogP contribution in [0.5, 0.6) is 0 Å². The summed E-state index contributed by atoms with van der Waals surface area (Å²) in [5, 5.41) is 13.4. The smallest absolute Gasteiger partial charge is 0.101 e. The van der Waals surface area contributed by atoms with Gasteiger partial charge < -0.3 is 5.73 Å². The van der Waals surface area contributed by atoms with Crippen molar-refractivity contribution >= 4 is 27.2 Å². The van der Waals surface area contributed by atoms with Crippen molar-refractivity contribution in [2.75, 3.05) is 5.73 Å². The van der Waals surface area contributed by atoms with Crippen molar-refractivity contribution in [2.24, 2.45) is 0 Å². The molecule has 3 rings (SSSR count). The first-order chi connectivity index (χ1) is 8.28. The van der Waals surface area contributed by atoms with Crippen molar-refractivity contribution in [3.8, 4) is 6.07 Å². The van der Waals surface area contributed by atoms with E-state index in [1.54, 1.807) is 0 Å². The normalized spacial score (nSPS) is 10.5. The quantitative estimate of drug-likeness (QED) is 0.464. The third-order valence-corrected chi connectivity index (χ3v) is 2.99. The van der Waals surface area contributed by atoms with Gasteiger partial charge in [-0.15, -0.1) is 0 Å². The highest BCUT2D eigenvalue weighted by Gasteiger charge is 2.03. The second-order valence-electron chi connectivity index (χ2n) is 4.10. The maximum absolute atomic E-state index is 8.96. The summed E-state index contributed by atoms with van der Waals surface area (Å²) in [6.45, 7) is 0. The summed E-state index contributed by atoms with van der Waals surface area (Å²) in [5.74, 6) is 0. The molecule has 0 atom stereocenters. The van der Waals surface area contributed by atoms with Crippen LogP contribution >= 0.6 is 0 Å². The van der Waals surface area contributed by atoms with E-state index in [9.17, 15) is 0 Å². The van der Waals surface area contributed by atoms with Crippen molar-refractivity contribution in [2.45, 2.75) is 0 Å². The number of fused-ring (bicyclic) bond motifs is 2. The van der Waals surface area contributed by atoms with E-state index in [4.69, 9.17) is 11.0 Å². The van der Waals surface area contributed by atoms with Gasteiger partial charge in [0.05, 0.1) is 11.3 Å². The predicted molar refractivity (Wildman–Crippen MR) is 70.6 cm³/mol. The molecule has 0 spiro atoms. The van der Waals surface area contributed by atoms with E-state index in [0.29, 0.717) is 11.3 Å². The van der Waals surface area contributed by atoms with E-state index < -0.39 is 0 Å². The Morgan fingerprint density at radius 2 is 1.41 bits per heavy atom. The lowest BCUT2D eigenvalue weighted by molar-refractivity contribution is 1.50. The van der Waals surface area contributed by atoms with Crippen molar-refractivity contribution in [1.29, 1.82) is 5.26 Å². The van der Waals surface area contributed by atoms with E-state index in [0.717, 1.165) is 10.8 Å². The number of nitrogen functional groups attached to an aromatic ring is 1. The lowest BCUT2D eigenvalue weighted by atomic mass is 10.0. The lowest BCUT2D eigenvalue weighted by Crippen LogP contribution is -1.90. The number of hydrogen-bond donors (Lipinski definition) is 1. The number of rotatable bonds is 0. The van der Waals surface area contributed by atoms with Crippen LogP contribution in [-0.4, -0.2) is 0 Å². The third kappa shape index (κ3) is 1.49. The molecule has 3 aromatic carbocycles. The van der Waals surface area contributed by atoms with Crippen LogP contribution in [0.25, 0.3) is 21.5 Å². The van der Waals surface area contributed by atoms with Gasteiger partial charge in [-0.3, -0.25) is 0 Å². The molecule has 0 saturated heterocycles. The molecule has 17 heavy (non-hydrogen) atoms. The van der Waals surface area contributed by atoms with Gasteiger partial charge in [-0.25, -0.2) is 0 Å². The molecule has 2 N–H and O–H groups in total. The lowest BCUT2D eigenvalue weighted by Gasteiger charge is -2.04. The molecule has 0 aliphatic rings. The Balaban J connectivity index is 2.45. The third-order valence-electron chi connectivity index (χ3n) is 2.99.